The number of nitrogen functional groups attached to an aromatic ring is 1. The van der Waals surface area contributed by atoms with Crippen molar-refractivity contribution in [2.24, 2.45) is 5.84 Å². The third-order valence-corrected chi connectivity index (χ3v) is 3.05. The first-order chi connectivity index (χ1) is 8.74. The van der Waals surface area contributed by atoms with Crippen molar-refractivity contribution in [3.05, 3.63) is 11.9 Å². The van der Waals surface area contributed by atoms with Crippen molar-refractivity contribution in [2.45, 2.75) is 25.2 Å². The van der Waals surface area contributed by atoms with E-state index in [1.54, 1.807) is 7.11 Å². The number of anilines is 2. The van der Waals surface area contributed by atoms with Gasteiger partial charge >= 0.3 is 0 Å². The minimum Gasteiger partial charge on any atom is -0.385 e. The van der Waals surface area contributed by atoms with Crippen LogP contribution in [0.25, 0.3) is 0 Å². The van der Waals surface area contributed by atoms with Gasteiger partial charge in [-0.1, -0.05) is 0 Å². The summed E-state index contributed by atoms with van der Waals surface area (Å²) in [5.74, 6) is 8.46. The Hall–Kier alpha value is -1.40. The molecule has 1 heterocycles. The van der Waals surface area contributed by atoms with Crippen LogP contribution in [-0.2, 0) is 4.74 Å². The van der Waals surface area contributed by atoms with Crippen LogP contribution < -0.4 is 16.2 Å². The Bertz CT molecular complexity index is 394. The molecule has 6 heteroatoms. The topological polar surface area (TPSA) is 76.3 Å². The van der Waals surface area contributed by atoms with Crippen LogP contribution in [0, 0.1) is 0 Å². The van der Waals surface area contributed by atoms with E-state index in [2.05, 4.69) is 20.3 Å². The number of rotatable bonds is 7. The fraction of sp³-hybridized carbons (Fsp3) is 0.667. The lowest BCUT2D eigenvalue weighted by Gasteiger charge is -2.19. The lowest BCUT2D eigenvalue weighted by Crippen LogP contribution is -2.22. The first kappa shape index (κ1) is 13.0. The van der Waals surface area contributed by atoms with Gasteiger partial charge in [0.05, 0.1) is 0 Å². The molecule has 0 saturated heterocycles. The molecule has 0 amide bonds. The quantitative estimate of drug-likeness (QED) is 0.429. The summed E-state index contributed by atoms with van der Waals surface area (Å²) in [6.07, 6.45) is 3.34. The van der Waals surface area contributed by atoms with Crippen LogP contribution in [0.15, 0.2) is 6.07 Å². The monoisotopic (exact) mass is 251 g/mol. The summed E-state index contributed by atoms with van der Waals surface area (Å²) in [4.78, 5) is 11.1. The lowest BCUT2D eigenvalue weighted by molar-refractivity contribution is 0.196. The predicted octanol–water partition coefficient (Wildman–Crippen LogP) is 1.11. The van der Waals surface area contributed by atoms with Crippen LogP contribution in [0.3, 0.4) is 0 Å². The molecular weight excluding hydrogens is 230 g/mol. The highest BCUT2D eigenvalue weighted by molar-refractivity contribution is 5.48. The number of nitrogens with two attached hydrogens (primary N) is 1. The fourth-order valence-electron chi connectivity index (χ4n) is 1.81. The first-order valence-electron chi connectivity index (χ1n) is 6.30. The minimum absolute atomic E-state index is 0.518. The zero-order valence-corrected chi connectivity index (χ0v) is 11.0. The molecule has 0 radical (unpaired) electrons. The molecule has 3 N–H and O–H groups in total. The van der Waals surface area contributed by atoms with Crippen LogP contribution >= 0.6 is 0 Å². The van der Waals surface area contributed by atoms with Gasteiger partial charge in [-0.25, -0.2) is 15.8 Å². The number of methoxy groups -OCH3 is 1. The van der Waals surface area contributed by atoms with Gasteiger partial charge in [-0.05, 0) is 19.3 Å². The van der Waals surface area contributed by atoms with Crippen LogP contribution in [0.1, 0.15) is 31.0 Å². The van der Waals surface area contributed by atoms with Gasteiger partial charge in [-0.15, -0.1) is 0 Å². The molecule has 18 heavy (non-hydrogen) atoms. The van der Waals surface area contributed by atoms with E-state index >= 15 is 0 Å². The number of hydrogen-bond acceptors (Lipinski definition) is 6. The van der Waals surface area contributed by atoms with Crippen molar-refractivity contribution in [2.75, 3.05) is 37.6 Å². The molecule has 0 aromatic carbocycles. The molecule has 1 aromatic heterocycles. The smallest absolute Gasteiger partial charge is 0.145 e. The molecule has 1 fully saturated rings. The van der Waals surface area contributed by atoms with E-state index in [-0.39, 0.29) is 0 Å². The normalized spacial score (nSPS) is 14.6. The van der Waals surface area contributed by atoms with Crippen molar-refractivity contribution in [3.63, 3.8) is 0 Å². The Labute approximate surface area is 108 Å². The molecule has 0 aliphatic heterocycles. The van der Waals surface area contributed by atoms with E-state index < -0.39 is 0 Å². The number of nitrogens with one attached hydrogen (secondary N) is 1. The average molecular weight is 251 g/mol. The van der Waals surface area contributed by atoms with Gasteiger partial charge in [0.15, 0.2) is 0 Å². The molecular formula is C12H21N5O. The number of ether oxygens (including phenoxy) is 1. The third kappa shape index (κ3) is 3.30. The number of hydrazine groups is 1. The SMILES string of the molecule is COCCCN(C)c1cc(NN)nc(C2CC2)n1. The highest BCUT2D eigenvalue weighted by Crippen LogP contribution is 2.39. The molecule has 0 spiro atoms. The van der Waals surface area contributed by atoms with E-state index in [1.165, 1.54) is 12.8 Å². The predicted molar refractivity (Wildman–Crippen MR) is 71.6 cm³/mol. The van der Waals surface area contributed by atoms with E-state index in [1.807, 2.05) is 13.1 Å². The van der Waals surface area contributed by atoms with Crippen LogP contribution in [0.5, 0.6) is 0 Å². The summed E-state index contributed by atoms with van der Waals surface area (Å²) >= 11 is 0. The molecule has 2 rings (SSSR count). The van der Waals surface area contributed by atoms with Crippen molar-refractivity contribution >= 4 is 11.6 Å². The number of aromatic nitrogens is 2. The van der Waals surface area contributed by atoms with Gasteiger partial charge in [0.1, 0.15) is 17.5 Å². The average Bonchev–Trinajstić information content (AvgIpc) is 3.22. The van der Waals surface area contributed by atoms with Crippen LogP contribution in [0.4, 0.5) is 11.6 Å². The third-order valence-electron chi connectivity index (χ3n) is 3.05. The molecule has 1 aliphatic carbocycles. The van der Waals surface area contributed by atoms with Crippen LogP contribution in [-0.4, -0.2) is 37.3 Å². The van der Waals surface area contributed by atoms with E-state index in [9.17, 15) is 0 Å². The summed E-state index contributed by atoms with van der Waals surface area (Å²) in [6.45, 7) is 1.66. The summed E-state index contributed by atoms with van der Waals surface area (Å²) in [5.41, 5.74) is 2.61. The van der Waals surface area contributed by atoms with Crippen molar-refractivity contribution in [1.82, 2.24) is 9.97 Å². The second kappa shape index (κ2) is 5.97. The molecule has 1 saturated carbocycles. The van der Waals surface area contributed by atoms with Crippen molar-refractivity contribution in [1.29, 1.82) is 0 Å². The summed E-state index contributed by atoms with van der Waals surface area (Å²) in [6, 6.07) is 1.87. The Kier molecular flexibility index (Phi) is 4.33. The van der Waals surface area contributed by atoms with E-state index in [0.717, 1.165) is 31.2 Å². The van der Waals surface area contributed by atoms with Crippen molar-refractivity contribution in [3.8, 4) is 0 Å². The Morgan fingerprint density at radius 1 is 1.50 bits per heavy atom. The molecule has 6 nitrogen and oxygen atoms in total. The zero-order valence-electron chi connectivity index (χ0n) is 11.0. The summed E-state index contributed by atoms with van der Waals surface area (Å²) in [7, 11) is 3.74. The largest absolute Gasteiger partial charge is 0.385 e. The van der Waals surface area contributed by atoms with Gasteiger partial charge in [-0.2, -0.15) is 0 Å². The summed E-state index contributed by atoms with van der Waals surface area (Å²) in [5, 5.41) is 0. The van der Waals surface area contributed by atoms with E-state index in [0.29, 0.717) is 11.7 Å². The van der Waals surface area contributed by atoms with Gasteiger partial charge in [0.2, 0.25) is 0 Å². The maximum Gasteiger partial charge on any atom is 0.145 e. The Morgan fingerprint density at radius 2 is 2.28 bits per heavy atom. The number of nitrogens with zero attached hydrogens (tertiary/aromatic N) is 3. The Morgan fingerprint density at radius 3 is 2.89 bits per heavy atom. The molecule has 1 aliphatic rings. The minimum atomic E-state index is 0.518. The molecule has 0 bridgehead atoms. The van der Waals surface area contributed by atoms with Gasteiger partial charge in [0, 0.05) is 39.3 Å². The van der Waals surface area contributed by atoms with Gasteiger partial charge in [0.25, 0.3) is 0 Å². The highest BCUT2D eigenvalue weighted by atomic mass is 16.5. The standard InChI is InChI=1S/C12H21N5O/c1-17(6-3-7-18-2)11-8-10(16-13)14-12(15-11)9-4-5-9/h8-9H,3-7,13H2,1-2H3,(H,14,15,16). The zero-order chi connectivity index (χ0) is 13.0. The summed E-state index contributed by atoms with van der Waals surface area (Å²) < 4.78 is 5.05. The van der Waals surface area contributed by atoms with Crippen LogP contribution in [0.2, 0.25) is 0 Å². The van der Waals surface area contributed by atoms with Crippen molar-refractivity contribution < 1.29 is 4.74 Å². The second-order valence-corrected chi connectivity index (χ2v) is 4.66. The maximum atomic E-state index is 5.45. The second-order valence-electron chi connectivity index (χ2n) is 4.66. The lowest BCUT2D eigenvalue weighted by atomic mass is 10.3. The Balaban J connectivity index is 2.07. The molecule has 100 valence electrons. The first-order valence-corrected chi connectivity index (χ1v) is 6.30. The fourth-order valence-corrected chi connectivity index (χ4v) is 1.81. The number of hydrogen-bond donors (Lipinski definition) is 2. The molecule has 0 unspecified atom stereocenters. The highest BCUT2D eigenvalue weighted by Gasteiger charge is 2.27. The maximum absolute atomic E-state index is 5.45. The molecule has 1 aromatic rings. The van der Waals surface area contributed by atoms with Gasteiger partial charge < -0.3 is 15.1 Å². The van der Waals surface area contributed by atoms with Gasteiger partial charge in [-0.3, -0.25) is 0 Å². The van der Waals surface area contributed by atoms with E-state index in [4.69, 9.17) is 10.6 Å². The molecule has 0 atom stereocenters.